The lowest BCUT2D eigenvalue weighted by atomic mass is 9.92. The van der Waals surface area contributed by atoms with Crippen LogP contribution in [0.25, 0.3) is 0 Å². The first-order valence-corrected chi connectivity index (χ1v) is 5.16. The third-order valence-electron chi connectivity index (χ3n) is 2.70. The number of rotatable bonds is 3. The summed E-state index contributed by atoms with van der Waals surface area (Å²) in [7, 11) is 0. The van der Waals surface area contributed by atoms with Crippen molar-refractivity contribution in [2.75, 3.05) is 19.6 Å². The summed E-state index contributed by atoms with van der Waals surface area (Å²) in [6.07, 6.45) is 0. The summed E-state index contributed by atoms with van der Waals surface area (Å²) in [6, 6.07) is 0.0426. The van der Waals surface area contributed by atoms with E-state index >= 15 is 0 Å². The van der Waals surface area contributed by atoms with Gasteiger partial charge >= 0.3 is 11.8 Å². The zero-order valence-corrected chi connectivity index (χ0v) is 9.54. The number of nitrogens with one attached hydrogen (secondary N) is 1. The van der Waals surface area contributed by atoms with Gasteiger partial charge in [-0.15, -0.1) is 0 Å². The molecule has 15 heavy (non-hydrogen) atoms. The third-order valence-corrected chi connectivity index (χ3v) is 2.70. The molecule has 1 aliphatic rings. The molecule has 1 fully saturated rings. The second-order valence-corrected chi connectivity index (χ2v) is 4.86. The molecule has 3 N–H and O–H groups in total. The number of nitrogens with two attached hydrogens (primary N) is 1. The van der Waals surface area contributed by atoms with Gasteiger partial charge in [-0.25, -0.2) is 0 Å². The molecule has 1 heterocycles. The van der Waals surface area contributed by atoms with Crippen molar-refractivity contribution in [2.24, 2.45) is 11.1 Å². The van der Waals surface area contributed by atoms with Crippen LogP contribution in [0, 0.1) is 5.41 Å². The van der Waals surface area contributed by atoms with Crippen LogP contribution in [0.2, 0.25) is 0 Å². The maximum Gasteiger partial charge on any atom is 0.312 e. The zero-order chi connectivity index (χ0) is 11.6. The predicted molar refractivity (Wildman–Crippen MR) is 57.0 cm³/mol. The van der Waals surface area contributed by atoms with Crippen molar-refractivity contribution in [1.29, 1.82) is 0 Å². The van der Waals surface area contributed by atoms with Gasteiger partial charge in [0.1, 0.15) is 0 Å². The van der Waals surface area contributed by atoms with E-state index in [-0.39, 0.29) is 11.5 Å². The largest absolute Gasteiger partial charge is 0.346 e. The number of hydrogen-bond acceptors (Lipinski definition) is 3. The SMILES string of the molecule is CC1CNC(=O)C(=O)N1CC(C)(C)CN. The van der Waals surface area contributed by atoms with E-state index in [0.29, 0.717) is 19.6 Å². The van der Waals surface area contributed by atoms with E-state index in [1.54, 1.807) is 4.90 Å². The van der Waals surface area contributed by atoms with E-state index in [4.69, 9.17) is 5.73 Å². The highest BCUT2D eigenvalue weighted by Crippen LogP contribution is 2.18. The molecule has 1 rings (SSSR count). The number of carbonyl (C=O) groups excluding carboxylic acids is 2. The van der Waals surface area contributed by atoms with Crippen LogP contribution >= 0.6 is 0 Å². The molecule has 1 saturated heterocycles. The molecule has 1 aliphatic heterocycles. The summed E-state index contributed by atoms with van der Waals surface area (Å²) in [5.41, 5.74) is 5.46. The molecule has 0 aromatic heterocycles. The summed E-state index contributed by atoms with van der Waals surface area (Å²) in [5.74, 6) is -0.962. The van der Waals surface area contributed by atoms with E-state index in [9.17, 15) is 9.59 Å². The smallest absolute Gasteiger partial charge is 0.312 e. The summed E-state index contributed by atoms with van der Waals surface area (Å²) in [4.78, 5) is 24.4. The predicted octanol–water partition coefficient (Wildman–Crippen LogP) is -0.682. The van der Waals surface area contributed by atoms with Crippen molar-refractivity contribution in [1.82, 2.24) is 10.2 Å². The average Bonchev–Trinajstić information content (AvgIpc) is 2.19. The number of nitrogens with zero attached hydrogens (tertiary/aromatic N) is 1. The first-order valence-electron chi connectivity index (χ1n) is 5.16. The molecular formula is C10H19N3O2. The fourth-order valence-electron chi connectivity index (χ4n) is 1.51. The van der Waals surface area contributed by atoms with Crippen molar-refractivity contribution in [3.63, 3.8) is 0 Å². The second-order valence-electron chi connectivity index (χ2n) is 4.86. The molecular weight excluding hydrogens is 194 g/mol. The maximum absolute atomic E-state index is 11.6. The molecule has 0 aromatic rings. The van der Waals surface area contributed by atoms with Crippen molar-refractivity contribution < 1.29 is 9.59 Å². The molecule has 2 amide bonds. The van der Waals surface area contributed by atoms with E-state index in [1.165, 1.54) is 0 Å². The topological polar surface area (TPSA) is 75.4 Å². The van der Waals surface area contributed by atoms with Gasteiger partial charge in [-0.2, -0.15) is 0 Å². The highest BCUT2D eigenvalue weighted by molar-refractivity contribution is 6.35. The lowest BCUT2D eigenvalue weighted by Gasteiger charge is -2.38. The van der Waals surface area contributed by atoms with Gasteiger partial charge in [0, 0.05) is 19.1 Å². The van der Waals surface area contributed by atoms with E-state index < -0.39 is 11.8 Å². The molecule has 0 saturated carbocycles. The maximum atomic E-state index is 11.6. The van der Waals surface area contributed by atoms with Crippen molar-refractivity contribution in [3.8, 4) is 0 Å². The molecule has 5 nitrogen and oxygen atoms in total. The fourth-order valence-corrected chi connectivity index (χ4v) is 1.51. The third kappa shape index (κ3) is 2.68. The van der Waals surface area contributed by atoms with Gasteiger partial charge in [0.25, 0.3) is 0 Å². The van der Waals surface area contributed by atoms with Crippen LogP contribution in [0.15, 0.2) is 0 Å². The Hall–Kier alpha value is -1.10. The number of piperazine rings is 1. The van der Waals surface area contributed by atoms with Gasteiger partial charge in [-0.1, -0.05) is 13.8 Å². The van der Waals surface area contributed by atoms with Gasteiger partial charge < -0.3 is 16.0 Å². The van der Waals surface area contributed by atoms with E-state index in [0.717, 1.165) is 0 Å². The normalized spacial score (nSPS) is 22.9. The van der Waals surface area contributed by atoms with E-state index in [1.807, 2.05) is 20.8 Å². The summed E-state index contributed by atoms with van der Waals surface area (Å²) >= 11 is 0. The lowest BCUT2D eigenvalue weighted by Crippen LogP contribution is -2.59. The van der Waals surface area contributed by atoms with Gasteiger partial charge in [0.05, 0.1) is 0 Å². The average molecular weight is 213 g/mol. The van der Waals surface area contributed by atoms with Gasteiger partial charge in [-0.3, -0.25) is 9.59 Å². The quantitative estimate of drug-likeness (QED) is 0.610. The number of amides is 2. The minimum absolute atomic E-state index is 0.0426. The standard InChI is InChI=1S/C10H19N3O2/c1-7-4-12-8(14)9(15)13(7)6-10(2,3)5-11/h7H,4-6,11H2,1-3H3,(H,12,14). The molecule has 0 radical (unpaired) electrons. The molecule has 0 bridgehead atoms. The van der Waals surface area contributed by atoms with Crippen molar-refractivity contribution in [2.45, 2.75) is 26.8 Å². The molecule has 0 aromatic carbocycles. The fraction of sp³-hybridized carbons (Fsp3) is 0.800. The monoisotopic (exact) mass is 213 g/mol. The number of hydrogen-bond donors (Lipinski definition) is 2. The van der Waals surface area contributed by atoms with Crippen LogP contribution in [-0.2, 0) is 9.59 Å². The summed E-state index contributed by atoms with van der Waals surface area (Å²) < 4.78 is 0. The van der Waals surface area contributed by atoms with Crippen LogP contribution in [0.3, 0.4) is 0 Å². The van der Waals surface area contributed by atoms with Gasteiger partial charge in [0.15, 0.2) is 0 Å². The Balaban J connectivity index is 2.73. The number of carbonyl (C=O) groups is 2. The first kappa shape index (κ1) is 12.0. The molecule has 1 unspecified atom stereocenters. The molecule has 5 heteroatoms. The van der Waals surface area contributed by atoms with Crippen LogP contribution in [0.1, 0.15) is 20.8 Å². The highest BCUT2D eigenvalue weighted by Gasteiger charge is 2.34. The van der Waals surface area contributed by atoms with Crippen LogP contribution in [0.4, 0.5) is 0 Å². The second kappa shape index (κ2) is 4.18. The van der Waals surface area contributed by atoms with Gasteiger partial charge in [-0.05, 0) is 18.9 Å². The summed E-state index contributed by atoms with van der Waals surface area (Å²) in [6.45, 7) is 7.43. The Morgan fingerprint density at radius 2 is 2.13 bits per heavy atom. The molecule has 1 atom stereocenters. The Morgan fingerprint density at radius 1 is 1.53 bits per heavy atom. The Morgan fingerprint density at radius 3 is 2.67 bits per heavy atom. The van der Waals surface area contributed by atoms with Crippen molar-refractivity contribution in [3.05, 3.63) is 0 Å². The molecule has 86 valence electrons. The minimum atomic E-state index is -0.513. The Labute approximate surface area is 90.0 Å². The Kier molecular flexibility index (Phi) is 3.34. The molecule has 0 aliphatic carbocycles. The zero-order valence-electron chi connectivity index (χ0n) is 9.54. The molecule has 0 spiro atoms. The van der Waals surface area contributed by atoms with E-state index in [2.05, 4.69) is 5.32 Å². The first-order chi connectivity index (χ1) is 6.87. The van der Waals surface area contributed by atoms with Crippen LogP contribution in [0.5, 0.6) is 0 Å². The van der Waals surface area contributed by atoms with Crippen LogP contribution in [-0.4, -0.2) is 42.4 Å². The minimum Gasteiger partial charge on any atom is -0.346 e. The van der Waals surface area contributed by atoms with Crippen LogP contribution < -0.4 is 11.1 Å². The Bertz CT molecular complexity index is 276. The lowest BCUT2D eigenvalue weighted by molar-refractivity contribution is -0.151. The van der Waals surface area contributed by atoms with Gasteiger partial charge in [0.2, 0.25) is 0 Å². The highest BCUT2D eigenvalue weighted by atomic mass is 16.2. The summed E-state index contributed by atoms with van der Waals surface area (Å²) in [5, 5.41) is 2.55. The van der Waals surface area contributed by atoms with Crippen molar-refractivity contribution >= 4 is 11.8 Å².